The summed E-state index contributed by atoms with van der Waals surface area (Å²) in [5.74, 6) is -0.728. The molecule has 1 aliphatic heterocycles. The largest absolute Gasteiger partial charge is 0.340 e. The highest BCUT2D eigenvalue weighted by Crippen LogP contribution is 2.35. The van der Waals surface area contributed by atoms with Gasteiger partial charge in [0.05, 0.1) is 4.90 Å². The van der Waals surface area contributed by atoms with Gasteiger partial charge in [0.25, 0.3) is 0 Å². The van der Waals surface area contributed by atoms with Crippen molar-refractivity contribution in [3.8, 4) is 0 Å². The molecule has 7 heteroatoms. The summed E-state index contributed by atoms with van der Waals surface area (Å²) in [6.45, 7) is 3.19. The van der Waals surface area contributed by atoms with E-state index in [1.165, 1.54) is 22.5 Å². The first-order valence-electron chi connectivity index (χ1n) is 11.1. The second kappa shape index (κ2) is 8.81. The summed E-state index contributed by atoms with van der Waals surface area (Å²) in [6, 6.07) is 19.6. The van der Waals surface area contributed by atoms with E-state index in [0.29, 0.717) is 19.5 Å². The quantitative estimate of drug-likeness (QED) is 0.366. The molecule has 0 spiro atoms. The molecule has 1 aromatic heterocycles. The second-order valence-electron chi connectivity index (χ2n) is 8.49. The van der Waals surface area contributed by atoms with Gasteiger partial charge in [0.2, 0.25) is 10.0 Å². The summed E-state index contributed by atoms with van der Waals surface area (Å²) in [6.07, 6.45) is 2.53. The lowest BCUT2D eigenvalue weighted by molar-refractivity contribution is 0.441. The first kappa shape index (κ1) is 22.5. The van der Waals surface area contributed by atoms with Crippen molar-refractivity contribution in [3.05, 3.63) is 107 Å². The van der Waals surface area contributed by atoms with E-state index in [0.717, 1.165) is 45.4 Å². The Labute approximate surface area is 197 Å². The van der Waals surface area contributed by atoms with Gasteiger partial charge in [-0.15, -0.1) is 0 Å². The van der Waals surface area contributed by atoms with Crippen LogP contribution in [0, 0.1) is 18.6 Å². The molecular weight excluding hydrogens is 454 g/mol. The molecule has 2 heterocycles. The van der Waals surface area contributed by atoms with Crippen LogP contribution in [0.1, 0.15) is 23.2 Å². The zero-order valence-corrected chi connectivity index (χ0v) is 19.5. The summed E-state index contributed by atoms with van der Waals surface area (Å²) < 4.78 is 56.6. The van der Waals surface area contributed by atoms with Gasteiger partial charge in [-0.1, -0.05) is 36.4 Å². The maximum Gasteiger partial charge on any atom is 0.243 e. The molecule has 0 aliphatic carbocycles. The van der Waals surface area contributed by atoms with Crippen molar-refractivity contribution >= 4 is 26.5 Å². The number of fused-ring (bicyclic) bond motifs is 1. The minimum atomic E-state index is -3.70. The van der Waals surface area contributed by atoms with Crippen molar-refractivity contribution in [3.63, 3.8) is 0 Å². The lowest BCUT2D eigenvalue weighted by Gasteiger charge is -2.26. The van der Waals surface area contributed by atoms with Crippen LogP contribution in [0.3, 0.4) is 0 Å². The van der Waals surface area contributed by atoms with Crippen molar-refractivity contribution < 1.29 is 17.2 Å². The maximum atomic E-state index is 13.8. The van der Waals surface area contributed by atoms with Gasteiger partial charge in [-0.05, 0) is 66.9 Å². The molecule has 0 radical (unpaired) electrons. The fourth-order valence-corrected chi connectivity index (χ4v) is 6.09. The molecule has 0 N–H and O–H groups in total. The predicted molar refractivity (Wildman–Crippen MR) is 130 cm³/mol. The van der Waals surface area contributed by atoms with Crippen LogP contribution in [0.15, 0.2) is 83.8 Å². The van der Waals surface area contributed by atoms with E-state index in [1.807, 2.05) is 24.3 Å². The third kappa shape index (κ3) is 4.06. The maximum absolute atomic E-state index is 13.8. The van der Waals surface area contributed by atoms with Gasteiger partial charge in [-0.3, -0.25) is 0 Å². The van der Waals surface area contributed by atoms with Crippen LogP contribution in [-0.2, 0) is 16.6 Å². The summed E-state index contributed by atoms with van der Waals surface area (Å²) >= 11 is 0. The minimum Gasteiger partial charge on any atom is -0.340 e. The number of para-hydroxylation sites is 1. The molecule has 0 saturated carbocycles. The smallest absolute Gasteiger partial charge is 0.243 e. The highest BCUT2D eigenvalue weighted by atomic mass is 32.2. The summed E-state index contributed by atoms with van der Waals surface area (Å²) in [5.41, 5.74) is 5.20. The molecule has 0 atom stereocenters. The molecule has 0 bridgehead atoms. The SMILES string of the molecule is Cc1c(C2=CCN(S(=O)(=O)c3ccc(F)cc3)CC2)c2ccccc2n1Cc1cccc(F)c1. The normalized spacial score (nSPS) is 15.0. The van der Waals surface area contributed by atoms with Crippen molar-refractivity contribution in [1.29, 1.82) is 0 Å². The molecule has 0 saturated heterocycles. The van der Waals surface area contributed by atoms with Gasteiger partial charge >= 0.3 is 0 Å². The van der Waals surface area contributed by atoms with Crippen LogP contribution in [0.25, 0.3) is 16.5 Å². The number of benzene rings is 3. The van der Waals surface area contributed by atoms with Crippen molar-refractivity contribution in [2.24, 2.45) is 0 Å². The molecule has 4 nitrogen and oxygen atoms in total. The molecule has 4 aromatic rings. The molecule has 0 amide bonds. The lowest BCUT2D eigenvalue weighted by Crippen LogP contribution is -2.34. The molecule has 5 rings (SSSR count). The Morgan fingerprint density at radius 1 is 0.912 bits per heavy atom. The Balaban J connectivity index is 1.49. The number of rotatable bonds is 5. The Kier molecular flexibility index (Phi) is 5.83. The molecule has 1 aliphatic rings. The fourth-order valence-electron chi connectivity index (χ4n) is 4.71. The average Bonchev–Trinajstić information content (AvgIpc) is 3.11. The van der Waals surface area contributed by atoms with Crippen molar-refractivity contribution in [1.82, 2.24) is 8.87 Å². The van der Waals surface area contributed by atoms with E-state index < -0.39 is 15.8 Å². The minimum absolute atomic E-state index is 0.0913. The number of halogens is 2. The number of hydrogen-bond acceptors (Lipinski definition) is 2. The van der Waals surface area contributed by atoms with E-state index in [1.54, 1.807) is 12.1 Å². The first-order valence-corrected chi connectivity index (χ1v) is 12.6. The zero-order chi connectivity index (χ0) is 23.9. The Bertz CT molecular complexity index is 1510. The highest BCUT2D eigenvalue weighted by Gasteiger charge is 2.28. The van der Waals surface area contributed by atoms with Crippen LogP contribution >= 0.6 is 0 Å². The molecule has 174 valence electrons. The van der Waals surface area contributed by atoms with Gasteiger partial charge < -0.3 is 4.57 Å². The summed E-state index contributed by atoms with van der Waals surface area (Å²) in [5, 5.41) is 1.09. The Morgan fingerprint density at radius 3 is 2.38 bits per heavy atom. The van der Waals surface area contributed by atoms with E-state index in [-0.39, 0.29) is 17.3 Å². The molecule has 3 aromatic carbocycles. The standard InChI is InChI=1S/C27H24F2N2O2S/c1-19-27(21-13-15-30(16-14-21)34(32,33)24-11-9-22(28)10-12-24)25-7-2-3-8-26(25)31(19)18-20-5-4-6-23(29)17-20/h2-13,17H,14-16,18H2,1H3. The van der Waals surface area contributed by atoms with Crippen LogP contribution < -0.4 is 0 Å². The van der Waals surface area contributed by atoms with Crippen molar-refractivity contribution in [2.45, 2.75) is 24.8 Å². The molecule has 0 unspecified atom stereocenters. The summed E-state index contributed by atoms with van der Waals surface area (Å²) in [7, 11) is -3.70. The van der Waals surface area contributed by atoms with Gasteiger partial charge in [0.1, 0.15) is 11.6 Å². The van der Waals surface area contributed by atoms with Gasteiger partial charge in [-0.2, -0.15) is 4.31 Å². The fraction of sp³-hybridized carbons (Fsp3) is 0.185. The number of nitrogens with zero attached hydrogens (tertiary/aromatic N) is 2. The van der Waals surface area contributed by atoms with Crippen LogP contribution in [0.4, 0.5) is 8.78 Å². The van der Waals surface area contributed by atoms with Crippen LogP contribution in [0.2, 0.25) is 0 Å². The monoisotopic (exact) mass is 478 g/mol. The van der Waals surface area contributed by atoms with Crippen LogP contribution in [0.5, 0.6) is 0 Å². The van der Waals surface area contributed by atoms with Gasteiger partial charge in [-0.25, -0.2) is 17.2 Å². The van der Waals surface area contributed by atoms with E-state index in [9.17, 15) is 17.2 Å². The van der Waals surface area contributed by atoms with E-state index in [2.05, 4.69) is 23.6 Å². The van der Waals surface area contributed by atoms with Crippen LogP contribution in [-0.4, -0.2) is 30.4 Å². The van der Waals surface area contributed by atoms with E-state index in [4.69, 9.17) is 0 Å². The zero-order valence-electron chi connectivity index (χ0n) is 18.7. The third-order valence-electron chi connectivity index (χ3n) is 6.40. The second-order valence-corrected chi connectivity index (χ2v) is 10.4. The first-order chi connectivity index (χ1) is 16.3. The Hall–Kier alpha value is -3.29. The highest BCUT2D eigenvalue weighted by molar-refractivity contribution is 7.89. The molecule has 0 fully saturated rings. The Morgan fingerprint density at radius 2 is 1.68 bits per heavy atom. The lowest BCUT2D eigenvalue weighted by atomic mass is 9.97. The summed E-state index contributed by atoms with van der Waals surface area (Å²) in [4.78, 5) is 0.0913. The molecule has 34 heavy (non-hydrogen) atoms. The number of aromatic nitrogens is 1. The average molecular weight is 479 g/mol. The topological polar surface area (TPSA) is 42.3 Å². The third-order valence-corrected chi connectivity index (χ3v) is 8.28. The van der Waals surface area contributed by atoms with E-state index >= 15 is 0 Å². The number of sulfonamides is 1. The van der Waals surface area contributed by atoms with Crippen molar-refractivity contribution in [2.75, 3.05) is 13.1 Å². The predicted octanol–water partition coefficient (Wildman–Crippen LogP) is 5.75. The molecular formula is C27H24F2N2O2S. The number of hydrogen-bond donors (Lipinski definition) is 0. The van der Waals surface area contributed by atoms with Gasteiger partial charge in [0.15, 0.2) is 0 Å². The van der Waals surface area contributed by atoms with Gasteiger partial charge in [0, 0.05) is 41.8 Å².